The highest BCUT2D eigenvalue weighted by Gasteiger charge is 2.34. The number of carboxylic acids is 1. The van der Waals surface area contributed by atoms with Gasteiger partial charge in [-0.3, -0.25) is 9.59 Å². The van der Waals surface area contributed by atoms with Crippen LogP contribution in [0, 0.1) is 5.41 Å². The van der Waals surface area contributed by atoms with Crippen LogP contribution in [-0.4, -0.2) is 47.1 Å². The first-order valence-corrected chi connectivity index (χ1v) is 6.47. The second-order valence-corrected chi connectivity index (χ2v) is 5.62. The molecular weight excluding hydrogens is 300 g/mol. The van der Waals surface area contributed by atoms with E-state index in [1.165, 1.54) is 0 Å². The summed E-state index contributed by atoms with van der Waals surface area (Å²) in [6, 6.07) is -2.15. The van der Waals surface area contributed by atoms with Crippen molar-refractivity contribution in [2.75, 3.05) is 6.79 Å². The van der Waals surface area contributed by atoms with Crippen LogP contribution in [0.4, 0.5) is 0 Å². The molecule has 0 radical (unpaired) electrons. The van der Waals surface area contributed by atoms with E-state index in [1.54, 1.807) is 20.8 Å². The third-order valence-electron chi connectivity index (χ3n) is 2.71. The smallest absolute Gasteiger partial charge is 0.331 e. The minimum Gasteiger partial charge on any atom is -0.480 e. The zero-order chi connectivity index (χ0) is 17.3. The lowest BCUT2D eigenvalue weighted by Crippen LogP contribution is -2.50. The number of rotatable bonds is 9. The number of carbonyl (C=O) groups excluding carboxylic acids is 2. The van der Waals surface area contributed by atoms with E-state index in [4.69, 9.17) is 16.1 Å². The average molecular weight is 322 g/mol. The summed E-state index contributed by atoms with van der Waals surface area (Å²) < 4.78 is 4.66. The van der Waals surface area contributed by atoms with E-state index >= 15 is 0 Å². The van der Waals surface area contributed by atoms with Gasteiger partial charge in [0.1, 0.15) is 12.1 Å². The minimum atomic E-state index is -1.21. The number of carbonyl (C=O) groups is 3. The number of hydrogen-bond donors (Lipinski definition) is 4. The Morgan fingerprint density at radius 2 is 1.86 bits per heavy atom. The minimum absolute atomic E-state index is 0.0610. The number of esters is 1. The van der Waals surface area contributed by atoms with Crippen LogP contribution in [0.15, 0.2) is 0 Å². The number of nitrogens with two attached hydrogens (primary N) is 1. The van der Waals surface area contributed by atoms with Crippen molar-refractivity contribution in [3.8, 4) is 0 Å². The molecule has 0 aliphatic carbocycles. The zero-order valence-electron chi connectivity index (χ0n) is 12.7. The third kappa shape index (κ3) is 7.88. The third-order valence-corrected chi connectivity index (χ3v) is 2.71. The first-order valence-electron chi connectivity index (χ1n) is 6.47. The lowest BCUT2D eigenvalue weighted by Gasteiger charge is -2.29. The van der Waals surface area contributed by atoms with Gasteiger partial charge in [0, 0.05) is 6.42 Å². The van der Waals surface area contributed by atoms with Crippen LogP contribution in [-0.2, 0) is 29.0 Å². The molecule has 2 atom stereocenters. The summed E-state index contributed by atoms with van der Waals surface area (Å²) in [4.78, 5) is 38.2. The molecule has 0 aromatic heterocycles. The summed E-state index contributed by atoms with van der Waals surface area (Å²) in [6.45, 7) is 4.45. The van der Waals surface area contributed by atoms with Crippen molar-refractivity contribution in [2.45, 2.75) is 45.7 Å². The second kappa shape index (κ2) is 9.30. The number of amides is 1. The van der Waals surface area contributed by atoms with Crippen molar-refractivity contribution >= 4 is 17.8 Å². The molecule has 0 aromatic carbocycles. The molecule has 0 saturated carbocycles. The van der Waals surface area contributed by atoms with Crippen LogP contribution in [0.5, 0.6) is 0 Å². The maximum Gasteiger partial charge on any atom is 0.331 e. The quantitative estimate of drug-likeness (QED) is 0.146. The zero-order valence-corrected chi connectivity index (χ0v) is 12.7. The standard InChI is InChI=1S/C12H22N2O8/c1-12(2,3)9(11(18)20-6-21-22-19)14-8(15)5-4-7(13)10(16)17/h7,9,19H,4-6,13H2,1-3H3,(H,14,15)(H,16,17)/t7-,9+/m0/s1. The Bertz CT molecular complexity index is 393. The normalized spacial score (nSPS) is 14.0. The van der Waals surface area contributed by atoms with E-state index in [-0.39, 0.29) is 12.8 Å². The number of carboxylic acid groups (broad SMARTS) is 1. The Hall–Kier alpha value is -1.75. The summed E-state index contributed by atoms with van der Waals surface area (Å²) in [5, 5.41) is 22.3. The maximum absolute atomic E-state index is 11.9. The average Bonchev–Trinajstić information content (AvgIpc) is 2.40. The molecule has 10 nitrogen and oxygen atoms in total. The van der Waals surface area contributed by atoms with Crippen molar-refractivity contribution in [2.24, 2.45) is 11.1 Å². The van der Waals surface area contributed by atoms with Gasteiger partial charge in [-0.1, -0.05) is 25.8 Å². The molecule has 0 aromatic rings. The van der Waals surface area contributed by atoms with Crippen molar-refractivity contribution < 1.29 is 39.4 Å². The molecule has 0 aliphatic rings. The molecule has 0 saturated heterocycles. The van der Waals surface area contributed by atoms with Gasteiger partial charge < -0.3 is 20.9 Å². The van der Waals surface area contributed by atoms with Crippen LogP contribution in [0.2, 0.25) is 0 Å². The van der Waals surface area contributed by atoms with Crippen LogP contribution in [0.1, 0.15) is 33.6 Å². The van der Waals surface area contributed by atoms with Gasteiger partial charge in [0.25, 0.3) is 0 Å². The van der Waals surface area contributed by atoms with Crippen LogP contribution < -0.4 is 11.1 Å². The van der Waals surface area contributed by atoms with Gasteiger partial charge in [-0.2, -0.15) is 4.89 Å². The molecule has 0 rings (SSSR count). The lowest BCUT2D eigenvalue weighted by atomic mass is 9.86. The van der Waals surface area contributed by atoms with E-state index in [0.29, 0.717) is 0 Å². The van der Waals surface area contributed by atoms with E-state index in [1.807, 2.05) is 0 Å². The van der Waals surface area contributed by atoms with Crippen molar-refractivity contribution in [3.63, 3.8) is 0 Å². The summed E-state index contributed by atoms with van der Waals surface area (Å²) in [6.07, 6.45) is -0.210. The largest absolute Gasteiger partial charge is 0.480 e. The van der Waals surface area contributed by atoms with Gasteiger partial charge in [-0.05, 0) is 11.8 Å². The van der Waals surface area contributed by atoms with E-state index < -0.39 is 42.1 Å². The lowest BCUT2D eigenvalue weighted by molar-refractivity contribution is -0.505. The topological polar surface area (TPSA) is 157 Å². The molecule has 0 spiro atoms. The van der Waals surface area contributed by atoms with E-state index in [9.17, 15) is 14.4 Å². The summed E-state index contributed by atoms with van der Waals surface area (Å²) >= 11 is 0. The van der Waals surface area contributed by atoms with Gasteiger partial charge in [0.15, 0.2) is 0 Å². The molecule has 0 bridgehead atoms. The highest BCUT2D eigenvalue weighted by atomic mass is 17.5. The summed E-state index contributed by atoms with van der Waals surface area (Å²) in [5.41, 5.74) is 4.63. The van der Waals surface area contributed by atoms with Gasteiger partial charge in [0.05, 0.1) is 0 Å². The Labute approximate surface area is 127 Å². The predicted molar refractivity (Wildman–Crippen MR) is 72.0 cm³/mol. The van der Waals surface area contributed by atoms with Crippen LogP contribution in [0.25, 0.3) is 0 Å². The Kier molecular flexibility index (Phi) is 8.56. The summed E-state index contributed by atoms with van der Waals surface area (Å²) in [7, 11) is 0. The van der Waals surface area contributed by atoms with Crippen LogP contribution in [0.3, 0.4) is 0 Å². The molecule has 128 valence electrons. The number of nitrogens with one attached hydrogen (secondary N) is 1. The first-order chi connectivity index (χ1) is 10.1. The summed E-state index contributed by atoms with van der Waals surface area (Å²) in [5.74, 6) is -2.53. The Morgan fingerprint density at radius 3 is 2.32 bits per heavy atom. The molecule has 1 amide bonds. The molecule has 0 unspecified atom stereocenters. The van der Waals surface area contributed by atoms with Gasteiger partial charge in [0.2, 0.25) is 12.7 Å². The SMILES string of the molecule is CC(C)(C)[C@H](NC(=O)CC[C@H](N)C(=O)O)C(=O)OCOOO. The first kappa shape index (κ1) is 20.2. The molecule has 10 heteroatoms. The fraction of sp³-hybridized carbons (Fsp3) is 0.750. The predicted octanol–water partition coefficient (Wildman–Crippen LogP) is -0.369. The highest BCUT2D eigenvalue weighted by molar-refractivity contribution is 5.85. The molecule has 0 aliphatic heterocycles. The van der Waals surface area contributed by atoms with Crippen molar-refractivity contribution in [1.29, 1.82) is 0 Å². The number of hydrogen-bond acceptors (Lipinski definition) is 8. The van der Waals surface area contributed by atoms with Crippen molar-refractivity contribution in [3.05, 3.63) is 0 Å². The van der Waals surface area contributed by atoms with E-state index in [2.05, 4.69) is 20.0 Å². The van der Waals surface area contributed by atoms with Crippen LogP contribution >= 0.6 is 0 Å². The molecule has 0 heterocycles. The molecule has 5 N–H and O–H groups in total. The monoisotopic (exact) mass is 322 g/mol. The van der Waals surface area contributed by atoms with E-state index in [0.717, 1.165) is 0 Å². The van der Waals surface area contributed by atoms with Gasteiger partial charge >= 0.3 is 11.9 Å². The fourth-order valence-electron chi connectivity index (χ4n) is 1.46. The fourth-order valence-corrected chi connectivity index (χ4v) is 1.46. The van der Waals surface area contributed by atoms with Gasteiger partial charge in [-0.15, -0.1) is 0 Å². The molecule has 22 heavy (non-hydrogen) atoms. The number of aliphatic carboxylic acids is 1. The Morgan fingerprint density at radius 1 is 1.27 bits per heavy atom. The highest BCUT2D eigenvalue weighted by Crippen LogP contribution is 2.20. The van der Waals surface area contributed by atoms with Gasteiger partial charge in [-0.25, -0.2) is 10.1 Å². The number of ether oxygens (including phenoxy) is 1. The second-order valence-electron chi connectivity index (χ2n) is 5.62. The Balaban J connectivity index is 4.56. The molecule has 0 fully saturated rings. The van der Waals surface area contributed by atoms with Crippen molar-refractivity contribution in [1.82, 2.24) is 5.32 Å². The molecular formula is C12H22N2O8. The maximum atomic E-state index is 11.9.